The van der Waals surface area contributed by atoms with Crippen LogP contribution in [0.5, 0.6) is 10.9 Å². The minimum atomic E-state index is 0.435. The molecule has 0 unspecified atom stereocenters. The van der Waals surface area contributed by atoms with Gasteiger partial charge in [0, 0.05) is 24.1 Å². The van der Waals surface area contributed by atoms with Crippen molar-refractivity contribution in [2.24, 2.45) is 0 Å². The molecule has 0 amide bonds. The van der Waals surface area contributed by atoms with Gasteiger partial charge in [0.05, 0.1) is 19.8 Å². The average Bonchev–Trinajstić information content (AvgIpc) is 2.56. The van der Waals surface area contributed by atoms with Crippen molar-refractivity contribution in [1.29, 1.82) is 0 Å². The Balaban J connectivity index is 2.75. The average molecular weight is 216 g/mol. The number of aromatic nitrogens is 1. The molecule has 1 heterocycles. The van der Waals surface area contributed by atoms with Gasteiger partial charge in [0.1, 0.15) is 0 Å². The van der Waals surface area contributed by atoms with E-state index in [-0.39, 0.29) is 0 Å². The van der Waals surface area contributed by atoms with E-state index in [1.165, 1.54) is 11.5 Å². The Morgan fingerprint density at radius 2 is 2.07 bits per heavy atom. The van der Waals surface area contributed by atoms with E-state index in [0.717, 1.165) is 17.2 Å². The summed E-state index contributed by atoms with van der Waals surface area (Å²) in [5.74, 6) is 0.653. The molecule has 5 heteroatoms. The van der Waals surface area contributed by atoms with Gasteiger partial charge in [-0.15, -0.1) is 0 Å². The molecule has 0 aliphatic carbocycles. The molecule has 0 aliphatic rings. The second kappa shape index (κ2) is 5.17. The lowest BCUT2D eigenvalue weighted by atomic mass is 10.3. The van der Waals surface area contributed by atoms with Crippen molar-refractivity contribution in [3.8, 4) is 10.9 Å². The first-order valence-corrected chi connectivity index (χ1v) is 5.26. The van der Waals surface area contributed by atoms with Crippen LogP contribution in [0.3, 0.4) is 0 Å². The normalized spacial score (nSPS) is 10.6. The summed E-state index contributed by atoms with van der Waals surface area (Å²) in [4.78, 5) is 0. The van der Waals surface area contributed by atoms with Gasteiger partial charge in [0.15, 0.2) is 0 Å². The van der Waals surface area contributed by atoms with Crippen LogP contribution in [-0.4, -0.2) is 24.6 Å². The van der Waals surface area contributed by atoms with Gasteiger partial charge in [-0.1, -0.05) is 13.8 Å². The molecule has 0 saturated heterocycles. The molecule has 0 radical (unpaired) electrons. The molecule has 1 aromatic heterocycles. The highest BCUT2D eigenvalue weighted by atomic mass is 32.1. The van der Waals surface area contributed by atoms with Crippen molar-refractivity contribution in [1.82, 2.24) is 9.69 Å². The summed E-state index contributed by atoms with van der Waals surface area (Å²) in [5.41, 5.74) is 0.994. The predicted molar refractivity (Wildman–Crippen MR) is 57.2 cm³/mol. The quantitative estimate of drug-likeness (QED) is 0.813. The third-order valence-electron chi connectivity index (χ3n) is 1.78. The third kappa shape index (κ3) is 2.59. The minimum absolute atomic E-state index is 0.435. The van der Waals surface area contributed by atoms with Crippen LogP contribution in [0.1, 0.15) is 19.4 Å². The minimum Gasteiger partial charge on any atom is -0.486 e. The highest BCUT2D eigenvalue weighted by molar-refractivity contribution is 7.08. The Morgan fingerprint density at radius 3 is 2.57 bits per heavy atom. The van der Waals surface area contributed by atoms with Crippen LogP contribution in [-0.2, 0) is 6.54 Å². The summed E-state index contributed by atoms with van der Waals surface area (Å²) in [6.07, 6.45) is 0. The second-order valence-corrected chi connectivity index (χ2v) is 3.93. The fraction of sp³-hybridized carbons (Fsp3) is 0.667. The number of ether oxygens (including phenoxy) is 2. The van der Waals surface area contributed by atoms with E-state index in [1.54, 1.807) is 14.2 Å². The Morgan fingerprint density at radius 1 is 1.36 bits per heavy atom. The van der Waals surface area contributed by atoms with E-state index in [9.17, 15) is 0 Å². The predicted octanol–water partition coefficient (Wildman–Crippen LogP) is 1.66. The Bertz CT molecular complexity index is 265. The van der Waals surface area contributed by atoms with E-state index in [2.05, 4.69) is 23.5 Å². The van der Waals surface area contributed by atoms with Gasteiger partial charge in [-0.3, -0.25) is 0 Å². The number of nitrogens with one attached hydrogen (secondary N) is 1. The van der Waals surface area contributed by atoms with E-state index in [0.29, 0.717) is 11.9 Å². The Hall–Kier alpha value is -0.810. The van der Waals surface area contributed by atoms with Gasteiger partial charge >= 0.3 is 0 Å². The summed E-state index contributed by atoms with van der Waals surface area (Å²) in [6, 6.07) is 0.435. The zero-order valence-corrected chi connectivity index (χ0v) is 9.77. The van der Waals surface area contributed by atoms with Crippen LogP contribution < -0.4 is 14.8 Å². The SMILES string of the molecule is COc1nsc(OC)c1CNC(C)C. The third-order valence-corrected chi connectivity index (χ3v) is 2.62. The second-order valence-electron chi connectivity index (χ2n) is 3.20. The number of hydrogen-bond acceptors (Lipinski definition) is 5. The zero-order valence-electron chi connectivity index (χ0n) is 8.96. The molecule has 0 spiro atoms. The molecular formula is C9H16N2O2S. The van der Waals surface area contributed by atoms with Crippen molar-refractivity contribution in [2.45, 2.75) is 26.4 Å². The first-order chi connectivity index (χ1) is 6.69. The maximum Gasteiger partial charge on any atom is 0.233 e. The standard InChI is InChI=1S/C9H16N2O2S/c1-6(2)10-5-7-8(12-3)11-14-9(7)13-4/h6,10H,5H2,1-4H3. The molecule has 4 nitrogen and oxygen atoms in total. The van der Waals surface area contributed by atoms with Crippen molar-refractivity contribution in [2.75, 3.05) is 14.2 Å². The number of methoxy groups -OCH3 is 2. The Kier molecular flexibility index (Phi) is 4.16. The highest BCUT2D eigenvalue weighted by Crippen LogP contribution is 2.31. The summed E-state index contributed by atoms with van der Waals surface area (Å²) in [7, 11) is 3.26. The Labute approximate surface area is 88.4 Å². The molecule has 0 fully saturated rings. The fourth-order valence-electron chi connectivity index (χ4n) is 1.06. The van der Waals surface area contributed by atoms with Crippen LogP contribution in [0, 0.1) is 0 Å². The molecule has 80 valence electrons. The van der Waals surface area contributed by atoms with Crippen LogP contribution in [0.15, 0.2) is 0 Å². The van der Waals surface area contributed by atoms with Crippen molar-refractivity contribution >= 4 is 11.5 Å². The monoisotopic (exact) mass is 216 g/mol. The molecular weight excluding hydrogens is 200 g/mol. The summed E-state index contributed by atoms with van der Waals surface area (Å²) >= 11 is 1.32. The van der Waals surface area contributed by atoms with E-state index < -0.39 is 0 Å². The lowest BCUT2D eigenvalue weighted by molar-refractivity contribution is 0.383. The summed E-state index contributed by atoms with van der Waals surface area (Å²) in [6.45, 7) is 4.91. The van der Waals surface area contributed by atoms with Crippen LogP contribution in [0.4, 0.5) is 0 Å². The maximum absolute atomic E-state index is 5.20. The molecule has 0 aromatic carbocycles. The van der Waals surface area contributed by atoms with Crippen LogP contribution in [0.25, 0.3) is 0 Å². The molecule has 0 bridgehead atoms. The topological polar surface area (TPSA) is 43.4 Å². The molecule has 1 rings (SSSR count). The summed E-state index contributed by atoms with van der Waals surface area (Å²) in [5, 5.41) is 4.12. The van der Waals surface area contributed by atoms with Gasteiger partial charge in [-0.2, -0.15) is 4.37 Å². The fourth-order valence-corrected chi connectivity index (χ4v) is 1.75. The maximum atomic E-state index is 5.20. The van der Waals surface area contributed by atoms with E-state index in [1.807, 2.05) is 0 Å². The first kappa shape index (κ1) is 11.3. The van der Waals surface area contributed by atoms with Crippen LogP contribution >= 0.6 is 11.5 Å². The molecule has 1 N–H and O–H groups in total. The van der Waals surface area contributed by atoms with E-state index in [4.69, 9.17) is 9.47 Å². The zero-order chi connectivity index (χ0) is 10.6. The van der Waals surface area contributed by atoms with Gasteiger partial charge in [0.25, 0.3) is 0 Å². The highest BCUT2D eigenvalue weighted by Gasteiger charge is 2.14. The van der Waals surface area contributed by atoms with Gasteiger partial charge in [0.2, 0.25) is 10.9 Å². The smallest absolute Gasteiger partial charge is 0.233 e. The molecule has 1 aromatic rings. The number of hydrogen-bond donors (Lipinski definition) is 1. The van der Waals surface area contributed by atoms with E-state index >= 15 is 0 Å². The lowest BCUT2D eigenvalue weighted by Gasteiger charge is -2.08. The van der Waals surface area contributed by atoms with Gasteiger partial charge in [-0.25, -0.2) is 0 Å². The lowest BCUT2D eigenvalue weighted by Crippen LogP contribution is -2.22. The largest absolute Gasteiger partial charge is 0.486 e. The first-order valence-electron chi connectivity index (χ1n) is 4.49. The summed E-state index contributed by atoms with van der Waals surface area (Å²) < 4.78 is 14.5. The van der Waals surface area contributed by atoms with Crippen molar-refractivity contribution in [3.05, 3.63) is 5.56 Å². The molecule has 0 atom stereocenters. The molecule has 0 aliphatic heterocycles. The van der Waals surface area contributed by atoms with Gasteiger partial charge < -0.3 is 14.8 Å². The van der Waals surface area contributed by atoms with Crippen LogP contribution in [0.2, 0.25) is 0 Å². The van der Waals surface area contributed by atoms with Crippen molar-refractivity contribution in [3.63, 3.8) is 0 Å². The van der Waals surface area contributed by atoms with Crippen molar-refractivity contribution < 1.29 is 9.47 Å². The number of rotatable bonds is 5. The molecule has 0 saturated carbocycles. The van der Waals surface area contributed by atoms with Gasteiger partial charge in [-0.05, 0) is 0 Å². The molecule has 14 heavy (non-hydrogen) atoms. The number of nitrogens with zero attached hydrogens (tertiary/aromatic N) is 1.